The Morgan fingerprint density at radius 1 is 0.755 bits per heavy atom. The second-order valence-corrected chi connectivity index (χ2v) is 14.9. The van der Waals surface area contributed by atoms with E-state index < -0.39 is 0 Å². The quantitative estimate of drug-likeness (QED) is 0.165. The number of pyridine rings is 1. The summed E-state index contributed by atoms with van der Waals surface area (Å²) in [6.45, 7) is 17.6. The van der Waals surface area contributed by atoms with Crippen LogP contribution in [0, 0.1) is 26.7 Å². The van der Waals surface area contributed by atoms with Crippen LogP contribution in [0.2, 0.25) is 0 Å². The van der Waals surface area contributed by atoms with Crippen LogP contribution in [0.5, 0.6) is 11.5 Å². The fourth-order valence-electron chi connectivity index (χ4n) is 6.86. The first-order valence-electron chi connectivity index (χ1n) is 17.4. The molecule has 0 aliphatic heterocycles. The van der Waals surface area contributed by atoms with Crippen LogP contribution in [-0.2, 0) is 11.8 Å². The lowest BCUT2D eigenvalue weighted by Gasteiger charge is -2.22. The van der Waals surface area contributed by atoms with Crippen molar-refractivity contribution in [3.8, 4) is 34.1 Å². The van der Waals surface area contributed by atoms with E-state index in [4.69, 9.17) is 14.8 Å². The molecule has 0 unspecified atom stereocenters. The Kier molecular flexibility index (Phi) is 8.40. The van der Waals surface area contributed by atoms with Crippen molar-refractivity contribution in [3.05, 3.63) is 131 Å². The molecule has 0 aliphatic carbocycles. The molecule has 0 atom stereocenters. The summed E-state index contributed by atoms with van der Waals surface area (Å²) in [7, 11) is 0. The first-order chi connectivity index (χ1) is 23.5. The Bertz CT molecular complexity index is 2300. The standard InChI is InChI=1S/C44H46N4O/c1-28(2)14-15-32-16-19-40-39(23-32)38-18-17-36(27-41(38)47(40)42-22-29(3)20-21-45-42)49-37-25-34(44(6,7)8)24-35(26-37)48-31(5)43(30(4)46-48)33-12-10-9-11-13-33/h9-13,16-28H,14-15H2,1-8H3. The lowest BCUT2D eigenvalue weighted by molar-refractivity contribution is 0.478. The van der Waals surface area contributed by atoms with E-state index in [-0.39, 0.29) is 5.41 Å². The van der Waals surface area contributed by atoms with Gasteiger partial charge in [-0.25, -0.2) is 9.67 Å². The smallest absolute Gasteiger partial charge is 0.137 e. The molecule has 5 nitrogen and oxygen atoms in total. The zero-order chi connectivity index (χ0) is 34.4. The van der Waals surface area contributed by atoms with Crippen molar-refractivity contribution in [3.63, 3.8) is 0 Å². The fourth-order valence-corrected chi connectivity index (χ4v) is 6.86. The van der Waals surface area contributed by atoms with Gasteiger partial charge in [0.25, 0.3) is 0 Å². The van der Waals surface area contributed by atoms with Gasteiger partial charge < -0.3 is 4.74 Å². The molecule has 5 heteroatoms. The fraction of sp³-hybridized carbons (Fsp3) is 0.273. The summed E-state index contributed by atoms with van der Waals surface area (Å²) in [5.74, 6) is 3.13. The number of ether oxygens (including phenoxy) is 1. The summed E-state index contributed by atoms with van der Waals surface area (Å²) >= 11 is 0. The van der Waals surface area contributed by atoms with Crippen LogP contribution in [0.15, 0.2) is 103 Å². The van der Waals surface area contributed by atoms with Crippen molar-refractivity contribution in [2.75, 3.05) is 0 Å². The highest BCUT2D eigenvalue weighted by Gasteiger charge is 2.21. The summed E-state index contributed by atoms with van der Waals surface area (Å²) in [4.78, 5) is 4.81. The lowest BCUT2D eigenvalue weighted by Crippen LogP contribution is -2.12. The molecule has 3 aromatic heterocycles. The SMILES string of the molecule is Cc1ccnc(-n2c3ccc(CCC(C)C)cc3c3ccc(Oc4cc(-n5nc(C)c(-c6ccccc6)c5C)cc(C(C)(C)C)c4)cc32)c1. The zero-order valence-corrected chi connectivity index (χ0v) is 30.0. The van der Waals surface area contributed by atoms with Gasteiger partial charge in [-0.2, -0.15) is 5.10 Å². The molecule has 3 heterocycles. The first-order valence-corrected chi connectivity index (χ1v) is 17.4. The van der Waals surface area contributed by atoms with Crippen molar-refractivity contribution in [1.29, 1.82) is 0 Å². The van der Waals surface area contributed by atoms with Crippen LogP contribution in [0.4, 0.5) is 0 Å². The number of benzene rings is 4. The third-order valence-corrected chi connectivity index (χ3v) is 9.53. The van der Waals surface area contributed by atoms with E-state index in [0.717, 1.165) is 51.8 Å². The summed E-state index contributed by atoms with van der Waals surface area (Å²) in [5.41, 5.74) is 11.3. The second-order valence-electron chi connectivity index (χ2n) is 14.9. The van der Waals surface area contributed by atoms with E-state index in [1.54, 1.807) is 0 Å². The molecule has 0 radical (unpaired) electrons. The van der Waals surface area contributed by atoms with Crippen molar-refractivity contribution in [2.24, 2.45) is 5.92 Å². The highest BCUT2D eigenvalue weighted by atomic mass is 16.5. The number of hydrogen-bond acceptors (Lipinski definition) is 3. The van der Waals surface area contributed by atoms with Crippen molar-refractivity contribution in [2.45, 2.75) is 73.6 Å². The topological polar surface area (TPSA) is 44.9 Å². The van der Waals surface area contributed by atoms with Gasteiger partial charge in [-0.3, -0.25) is 4.57 Å². The molecule has 248 valence electrons. The number of nitrogens with zero attached hydrogens (tertiary/aromatic N) is 4. The predicted octanol–water partition coefficient (Wildman–Crippen LogP) is 11.6. The molecule has 0 bridgehead atoms. The third-order valence-electron chi connectivity index (χ3n) is 9.53. The molecule has 7 rings (SSSR count). The van der Waals surface area contributed by atoms with Crippen molar-refractivity contribution in [1.82, 2.24) is 19.3 Å². The molecule has 0 N–H and O–H groups in total. The highest BCUT2D eigenvalue weighted by molar-refractivity contribution is 6.09. The molecular formula is C44H46N4O. The van der Waals surface area contributed by atoms with Gasteiger partial charge in [0.15, 0.2) is 0 Å². The van der Waals surface area contributed by atoms with Crippen LogP contribution in [0.3, 0.4) is 0 Å². The molecule has 0 fully saturated rings. The minimum Gasteiger partial charge on any atom is -0.457 e. The maximum Gasteiger partial charge on any atom is 0.137 e. The van der Waals surface area contributed by atoms with E-state index in [2.05, 4.69) is 156 Å². The molecule has 7 aromatic rings. The molecule has 0 saturated carbocycles. The second kappa shape index (κ2) is 12.7. The summed E-state index contributed by atoms with van der Waals surface area (Å²) < 4.78 is 11.1. The zero-order valence-electron chi connectivity index (χ0n) is 30.0. The number of rotatable bonds is 8. The van der Waals surface area contributed by atoms with Crippen molar-refractivity contribution < 1.29 is 4.74 Å². The summed E-state index contributed by atoms with van der Waals surface area (Å²) in [5, 5.41) is 7.46. The summed E-state index contributed by atoms with van der Waals surface area (Å²) in [6.07, 6.45) is 4.13. The van der Waals surface area contributed by atoms with E-state index in [0.29, 0.717) is 5.92 Å². The third kappa shape index (κ3) is 6.38. The highest BCUT2D eigenvalue weighted by Crippen LogP contribution is 2.38. The number of hydrogen-bond donors (Lipinski definition) is 0. The summed E-state index contributed by atoms with van der Waals surface area (Å²) in [6, 6.07) is 34.6. The Morgan fingerprint density at radius 3 is 2.29 bits per heavy atom. The van der Waals surface area contributed by atoms with Gasteiger partial charge in [-0.1, -0.05) is 71.0 Å². The van der Waals surface area contributed by atoms with E-state index in [1.807, 2.05) is 12.3 Å². The maximum absolute atomic E-state index is 6.77. The number of aryl methyl sites for hydroxylation is 3. The normalized spacial score (nSPS) is 12.0. The predicted molar refractivity (Wildman–Crippen MR) is 204 cm³/mol. The van der Waals surface area contributed by atoms with E-state index in [9.17, 15) is 0 Å². The number of aromatic nitrogens is 4. The van der Waals surface area contributed by atoms with Gasteiger partial charge in [0, 0.05) is 40.4 Å². The van der Waals surface area contributed by atoms with Gasteiger partial charge in [-0.05, 0) is 116 Å². The minimum absolute atomic E-state index is 0.0903. The molecule has 0 amide bonds. The van der Waals surface area contributed by atoms with Gasteiger partial charge in [-0.15, -0.1) is 0 Å². The van der Waals surface area contributed by atoms with Gasteiger partial charge in [0.2, 0.25) is 0 Å². The molecule has 0 aliphatic rings. The van der Waals surface area contributed by atoms with Crippen LogP contribution < -0.4 is 4.74 Å². The first kappa shape index (κ1) is 32.4. The molecule has 0 spiro atoms. The molecule has 49 heavy (non-hydrogen) atoms. The number of fused-ring (bicyclic) bond motifs is 3. The monoisotopic (exact) mass is 646 g/mol. The Morgan fingerprint density at radius 2 is 1.55 bits per heavy atom. The molecular weight excluding hydrogens is 601 g/mol. The van der Waals surface area contributed by atoms with Crippen molar-refractivity contribution >= 4 is 21.8 Å². The van der Waals surface area contributed by atoms with E-state index >= 15 is 0 Å². The van der Waals surface area contributed by atoms with E-state index in [1.165, 1.54) is 45.0 Å². The largest absolute Gasteiger partial charge is 0.457 e. The van der Waals surface area contributed by atoms with Crippen LogP contribution in [0.25, 0.3) is 44.4 Å². The molecule has 4 aromatic carbocycles. The Hall–Kier alpha value is -5.16. The van der Waals surface area contributed by atoms with Crippen LogP contribution in [0.1, 0.15) is 69.1 Å². The Labute approximate surface area is 290 Å². The van der Waals surface area contributed by atoms with Crippen LogP contribution in [-0.4, -0.2) is 19.3 Å². The lowest BCUT2D eigenvalue weighted by atomic mass is 9.86. The van der Waals surface area contributed by atoms with Gasteiger partial charge >= 0.3 is 0 Å². The average Bonchev–Trinajstić information content (AvgIpc) is 3.55. The average molecular weight is 647 g/mol. The Balaban J connectivity index is 1.34. The van der Waals surface area contributed by atoms with Crippen LogP contribution >= 0.6 is 0 Å². The molecule has 0 saturated heterocycles. The van der Waals surface area contributed by atoms with Gasteiger partial charge in [0.05, 0.1) is 22.4 Å². The maximum atomic E-state index is 6.77. The van der Waals surface area contributed by atoms with Gasteiger partial charge in [0.1, 0.15) is 17.3 Å². The minimum atomic E-state index is -0.0903.